The molecule has 1 heterocycles. The molecule has 28 heavy (non-hydrogen) atoms. The van der Waals surface area contributed by atoms with Gasteiger partial charge in [0.2, 0.25) is 10.0 Å². The normalized spacial score (nSPS) is 12.0. The monoisotopic (exact) mass is 420 g/mol. The van der Waals surface area contributed by atoms with Crippen molar-refractivity contribution in [1.82, 2.24) is 9.29 Å². The van der Waals surface area contributed by atoms with Crippen LogP contribution in [0.15, 0.2) is 52.2 Å². The summed E-state index contributed by atoms with van der Waals surface area (Å²) in [6, 6.07) is 12.6. The number of aryl methyl sites for hydroxylation is 2. The number of hydrogen-bond donors (Lipinski definition) is 1. The number of nitrogens with zero attached hydrogens (tertiary/aromatic N) is 1. The van der Waals surface area contributed by atoms with Crippen molar-refractivity contribution < 1.29 is 13.2 Å². The maximum Gasteiger partial charge on any atom is 0.307 e. The molecule has 0 atom stereocenters. The van der Waals surface area contributed by atoms with Gasteiger partial charge in [0, 0.05) is 13.6 Å². The van der Waals surface area contributed by atoms with E-state index >= 15 is 0 Å². The summed E-state index contributed by atoms with van der Waals surface area (Å²) in [7, 11) is -1.94. The Morgan fingerprint density at radius 1 is 1.18 bits per heavy atom. The predicted molar refractivity (Wildman–Crippen MR) is 113 cm³/mol. The molecule has 3 rings (SSSR count). The maximum absolute atomic E-state index is 12.5. The van der Waals surface area contributed by atoms with Crippen LogP contribution in [0.3, 0.4) is 0 Å². The third-order valence-electron chi connectivity index (χ3n) is 4.28. The zero-order valence-corrected chi connectivity index (χ0v) is 17.8. The van der Waals surface area contributed by atoms with Crippen LogP contribution in [0.2, 0.25) is 0 Å². The Bertz CT molecular complexity index is 1130. The van der Waals surface area contributed by atoms with E-state index in [0.29, 0.717) is 17.7 Å². The van der Waals surface area contributed by atoms with Gasteiger partial charge in [-0.2, -0.15) is 0 Å². The Balaban J connectivity index is 1.60. The van der Waals surface area contributed by atoms with Crippen molar-refractivity contribution in [1.29, 1.82) is 0 Å². The first kappa shape index (κ1) is 20.6. The third-order valence-corrected chi connectivity index (χ3v) is 6.73. The Morgan fingerprint density at radius 3 is 2.71 bits per heavy atom. The summed E-state index contributed by atoms with van der Waals surface area (Å²) >= 11 is 1.04. The highest BCUT2D eigenvalue weighted by molar-refractivity contribution is 7.89. The molecular weight excluding hydrogens is 396 g/mol. The van der Waals surface area contributed by atoms with Gasteiger partial charge >= 0.3 is 4.87 Å². The van der Waals surface area contributed by atoms with Crippen LogP contribution in [-0.4, -0.2) is 25.6 Å². The summed E-state index contributed by atoms with van der Waals surface area (Å²) < 4.78 is 35.6. The molecule has 0 aliphatic heterocycles. The zero-order valence-electron chi connectivity index (χ0n) is 16.1. The smallest absolute Gasteiger partial charge is 0.307 e. The lowest BCUT2D eigenvalue weighted by Crippen LogP contribution is -2.25. The van der Waals surface area contributed by atoms with E-state index in [9.17, 15) is 13.2 Å². The minimum Gasteiger partial charge on any atom is -0.491 e. The number of aromatic nitrogens is 1. The van der Waals surface area contributed by atoms with Crippen molar-refractivity contribution in [2.24, 2.45) is 7.05 Å². The number of ether oxygens (including phenoxy) is 1. The topological polar surface area (TPSA) is 77.4 Å². The van der Waals surface area contributed by atoms with Gasteiger partial charge in [0.05, 0.1) is 21.2 Å². The molecule has 0 bridgehead atoms. The number of fused-ring (bicyclic) bond motifs is 1. The van der Waals surface area contributed by atoms with E-state index in [1.807, 2.05) is 38.1 Å². The molecule has 1 N–H and O–H groups in total. The summed E-state index contributed by atoms with van der Waals surface area (Å²) in [5.41, 5.74) is 1.84. The molecule has 0 radical (unpaired) electrons. The molecule has 0 aliphatic rings. The summed E-state index contributed by atoms with van der Waals surface area (Å²) in [6.45, 7) is 4.29. The van der Waals surface area contributed by atoms with Gasteiger partial charge in [0.15, 0.2) is 0 Å². The van der Waals surface area contributed by atoms with Gasteiger partial charge in [-0.25, -0.2) is 13.1 Å². The fourth-order valence-electron chi connectivity index (χ4n) is 2.91. The van der Waals surface area contributed by atoms with Crippen LogP contribution in [0.4, 0.5) is 0 Å². The van der Waals surface area contributed by atoms with Crippen LogP contribution in [0.1, 0.15) is 25.8 Å². The van der Waals surface area contributed by atoms with Gasteiger partial charge in [-0.15, -0.1) is 0 Å². The van der Waals surface area contributed by atoms with Crippen LogP contribution < -0.4 is 14.3 Å². The van der Waals surface area contributed by atoms with Crippen molar-refractivity contribution in [2.45, 2.75) is 37.7 Å². The van der Waals surface area contributed by atoms with E-state index in [2.05, 4.69) is 4.72 Å². The first-order chi connectivity index (χ1) is 13.3. The van der Waals surface area contributed by atoms with Gasteiger partial charge in [0.1, 0.15) is 5.75 Å². The number of benzene rings is 2. The third kappa shape index (κ3) is 4.81. The van der Waals surface area contributed by atoms with E-state index in [-0.39, 0.29) is 15.9 Å². The average Bonchev–Trinajstić information content (AvgIpc) is 2.92. The maximum atomic E-state index is 12.5. The van der Waals surface area contributed by atoms with Gasteiger partial charge in [-0.05, 0) is 62.6 Å². The summed E-state index contributed by atoms with van der Waals surface area (Å²) in [6.07, 6.45) is 1.53. The van der Waals surface area contributed by atoms with Crippen LogP contribution in [0, 0.1) is 0 Å². The molecular formula is C20H24N2O4S2. The molecule has 3 aromatic rings. The minimum absolute atomic E-state index is 0.110. The Labute approximate surface area is 168 Å². The van der Waals surface area contributed by atoms with Crippen molar-refractivity contribution in [3.05, 3.63) is 57.7 Å². The first-order valence-corrected chi connectivity index (χ1v) is 11.4. The standard InChI is InChI=1S/C20H24N2O4S2/c1-14(2)26-16-8-4-6-15(12-16)7-5-11-21-28(24,25)17-9-10-18-19(13-17)27-20(23)22(18)3/h4,6,8-10,12-14,21H,5,7,11H2,1-3H3. The second kappa shape index (κ2) is 8.46. The van der Waals surface area contributed by atoms with E-state index < -0.39 is 10.0 Å². The van der Waals surface area contributed by atoms with Crippen molar-refractivity contribution in [3.63, 3.8) is 0 Å². The Kier molecular flexibility index (Phi) is 6.22. The van der Waals surface area contributed by atoms with Gasteiger partial charge < -0.3 is 9.30 Å². The van der Waals surface area contributed by atoms with Gasteiger partial charge in [-0.3, -0.25) is 4.79 Å². The fraction of sp³-hybridized carbons (Fsp3) is 0.350. The lowest BCUT2D eigenvalue weighted by Gasteiger charge is -2.11. The number of sulfonamides is 1. The number of thiazole rings is 1. The van der Waals surface area contributed by atoms with Crippen LogP contribution in [-0.2, 0) is 23.5 Å². The molecule has 8 heteroatoms. The van der Waals surface area contributed by atoms with E-state index in [1.54, 1.807) is 19.2 Å². The molecule has 0 saturated heterocycles. The Morgan fingerprint density at radius 2 is 1.96 bits per heavy atom. The molecule has 0 unspecified atom stereocenters. The molecule has 0 saturated carbocycles. The molecule has 0 amide bonds. The molecule has 1 aromatic heterocycles. The lowest BCUT2D eigenvalue weighted by molar-refractivity contribution is 0.242. The van der Waals surface area contributed by atoms with Crippen LogP contribution >= 0.6 is 11.3 Å². The summed E-state index contributed by atoms with van der Waals surface area (Å²) in [5, 5.41) is 0. The van der Waals surface area contributed by atoms with Crippen molar-refractivity contribution >= 4 is 31.6 Å². The van der Waals surface area contributed by atoms with Crippen LogP contribution in [0.25, 0.3) is 10.2 Å². The summed E-state index contributed by atoms with van der Waals surface area (Å²) in [5.74, 6) is 0.822. The summed E-state index contributed by atoms with van der Waals surface area (Å²) in [4.78, 5) is 11.8. The highest BCUT2D eigenvalue weighted by Gasteiger charge is 2.15. The molecule has 0 fully saturated rings. The second-order valence-electron chi connectivity index (χ2n) is 6.87. The number of nitrogens with one attached hydrogen (secondary N) is 1. The zero-order chi connectivity index (χ0) is 20.3. The second-order valence-corrected chi connectivity index (χ2v) is 9.63. The average molecular weight is 421 g/mol. The quantitative estimate of drug-likeness (QED) is 0.567. The highest BCUT2D eigenvalue weighted by atomic mass is 32.2. The molecule has 150 valence electrons. The van der Waals surface area contributed by atoms with Gasteiger partial charge in [0.25, 0.3) is 0 Å². The highest BCUT2D eigenvalue weighted by Crippen LogP contribution is 2.21. The minimum atomic E-state index is -3.61. The van der Waals surface area contributed by atoms with E-state index in [4.69, 9.17) is 4.74 Å². The van der Waals surface area contributed by atoms with Crippen molar-refractivity contribution in [3.8, 4) is 5.75 Å². The molecule has 0 aliphatic carbocycles. The lowest BCUT2D eigenvalue weighted by atomic mass is 10.1. The number of rotatable bonds is 8. The Hall–Kier alpha value is -2.16. The predicted octanol–water partition coefficient (Wildman–Crippen LogP) is 3.30. The van der Waals surface area contributed by atoms with Crippen molar-refractivity contribution in [2.75, 3.05) is 6.54 Å². The molecule has 0 spiro atoms. The first-order valence-electron chi connectivity index (χ1n) is 9.11. The largest absolute Gasteiger partial charge is 0.491 e. The SMILES string of the molecule is CC(C)Oc1cccc(CCCNS(=O)(=O)c2ccc3c(c2)sc(=O)n3C)c1. The van der Waals surface area contributed by atoms with E-state index in [1.165, 1.54) is 10.6 Å². The molecule has 2 aromatic carbocycles. The fourth-order valence-corrected chi connectivity index (χ4v) is 5.00. The van der Waals surface area contributed by atoms with Gasteiger partial charge in [-0.1, -0.05) is 23.5 Å². The number of hydrogen-bond acceptors (Lipinski definition) is 5. The molecule has 6 nitrogen and oxygen atoms in total. The van der Waals surface area contributed by atoms with E-state index in [0.717, 1.165) is 34.6 Å². The van der Waals surface area contributed by atoms with Crippen LogP contribution in [0.5, 0.6) is 5.75 Å².